The van der Waals surface area contributed by atoms with Crippen LogP contribution in [0.4, 0.5) is 0 Å². The van der Waals surface area contributed by atoms with Crippen LogP contribution < -0.4 is 0 Å². The highest BCUT2D eigenvalue weighted by Crippen LogP contribution is 2.04. The maximum Gasteiger partial charge on any atom is 0.00118 e. The first-order chi connectivity index (χ1) is 5.56. The average Bonchev–Trinajstić information content (AvgIpc) is 2.00. The largest absolute Gasteiger partial charge is 0.306 e. The zero-order valence-electron chi connectivity index (χ0n) is 8.88. The maximum absolute atomic E-state index is 4.27. The highest BCUT2D eigenvalue weighted by molar-refractivity contribution is 7.80. The first-order valence-corrected chi connectivity index (χ1v) is 5.49. The molecule has 2 heteroatoms. The summed E-state index contributed by atoms with van der Waals surface area (Å²) >= 11 is 4.27. The van der Waals surface area contributed by atoms with Gasteiger partial charge in [0, 0.05) is 6.54 Å². The zero-order chi connectivity index (χ0) is 9.56. The highest BCUT2D eigenvalue weighted by atomic mass is 32.1. The van der Waals surface area contributed by atoms with Crippen LogP contribution in [0.2, 0.25) is 0 Å². The van der Waals surface area contributed by atoms with Crippen molar-refractivity contribution < 1.29 is 0 Å². The van der Waals surface area contributed by atoms with Crippen LogP contribution >= 0.6 is 12.6 Å². The molecule has 0 bridgehead atoms. The molecule has 0 amide bonds. The molecule has 0 fully saturated rings. The second kappa shape index (κ2) is 6.79. The molecular weight excluding hydrogens is 166 g/mol. The van der Waals surface area contributed by atoms with E-state index in [4.69, 9.17) is 0 Å². The van der Waals surface area contributed by atoms with Crippen molar-refractivity contribution in [2.24, 2.45) is 11.8 Å². The van der Waals surface area contributed by atoms with Crippen LogP contribution in [-0.4, -0.2) is 30.8 Å². The number of hydrogen-bond acceptors (Lipinski definition) is 2. The molecule has 0 aromatic heterocycles. The smallest absolute Gasteiger partial charge is 0.00118 e. The summed E-state index contributed by atoms with van der Waals surface area (Å²) in [4.78, 5) is 2.40. The van der Waals surface area contributed by atoms with Gasteiger partial charge in [0.25, 0.3) is 0 Å². The minimum absolute atomic E-state index is 0.713. The molecule has 0 aromatic rings. The Morgan fingerprint density at radius 1 is 1.25 bits per heavy atom. The molecule has 1 atom stereocenters. The Kier molecular flexibility index (Phi) is 6.96. The van der Waals surface area contributed by atoms with Gasteiger partial charge in [-0.25, -0.2) is 0 Å². The van der Waals surface area contributed by atoms with E-state index in [2.05, 4.69) is 45.3 Å². The maximum atomic E-state index is 4.27. The summed E-state index contributed by atoms with van der Waals surface area (Å²) in [5.41, 5.74) is 0. The summed E-state index contributed by atoms with van der Waals surface area (Å²) in [6.07, 6.45) is 1.30. The average molecular weight is 189 g/mol. The van der Waals surface area contributed by atoms with E-state index in [1.54, 1.807) is 0 Å². The van der Waals surface area contributed by atoms with E-state index in [1.807, 2.05) is 0 Å². The van der Waals surface area contributed by atoms with Gasteiger partial charge in [-0.1, -0.05) is 20.8 Å². The molecule has 0 aliphatic rings. The second-order valence-electron chi connectivity index (χ2n) is 4.23. The predicted octanol–water partition coefficient (Wildman–Crippen LogP) is 2.53. The second-order valence-corrected chi connectivity index (χ2v) is 4.60. The van der Waals surface area contributed by atoms with Gasteiger partial charge in [0.15, 0.2) is 0 Å². The standard InChI is InChI=1S/C10H23NS/c1-9(2)5-6-11(4)7-10(3)8-12/h9-10,12H,5-8H2,1-4H3. The molecule has 0 rings (SSSR count). The molecule has 74 valence electrons. The van der Waals surface area contributed by atoms with E-state index >= 15 is 0 Å². The van der Waals surface area contributed by atoms with Crippen molar-refractivity contribution in [1.82, 2.24) is 4.90 Å². The van der Waals surface area contributed by atoms with Crippen molar-refractivity contribution in [3.63, 3.8) is 0 Å². The Bertz CT molecular complexity index is 104. The summed E-state index contributed by atoms with van der Waals surface area (Å²) in [5, 5.41) is 0. The number of rotatable bonds is 6. The molecule has 0 spiro atoms. The molecule has 0 N–H and O–H groups in total. The lowest BCUT2D eigenvalue weighted by Crippen LogP contribution is -2.26. The van der Waals surface area contributed by atoms with Gasteiger partial charge >= 0.3 is 0 Å². The first-order valence-electron chi connectivity index (χ1n) is 4.85. The summed E-state index contributed by atoms with van der Waals surface area (Å²) in [6.45, 7) is 9.19. The molecule has 1 unspecified atom stereocenters. The van der Waals surface area contributed by atoms with Crippen molar-refractivity contribution in [3.8, 4) is 0 Å². The van der Waals surface area contributed by atoms with Gasteiger partial charge in [-0.05, 0) is 37.6 Å². The third-order valence-corrected chi connectivity index (χ3v) is 2.65. The predicted molar refractivity (Wildman–Crippen MR) is 60.0 cm³/mol. The summed E-state index contributed by atoms with van der Waals surface area (Å²) in [7, 11) is 2.20. The fraction of sp³-hybridized carbons (Fsp3) is 1.00. The molecule has 0 saturated carbocycles. The third-order valence-electron chi connectivity index (χ3n) is 2.02. The van der Waals surface area contributed by atoms with Gasteiger partial charge in [-0.2, -0.15) is 12.6 Å². The van der Waals surface area contributed by atoms with Crippen LogP contribution in [0.3, 0.4) is 0 Å². The molecule has 0 saturated heterocycles. The molecule has 0 aliphatic heterocycles. The molecule has 0 aliphatic carbocycles. The molecule has 0 aromatic carbocycles. The minimum atomic E-state index is 0.713. The van der Waals surface area contributed by atoms with Crippen molar-refractivity contribution in [2.45, 2.75) is 27.2 Å². The minimum Gasteiger partial charge on any atom is -0.306 e. The van der Waals surface area contributed by atoms with Crippen molar-refractivity contribution in [2.75, 3.05) is 25.9 Å². The van der Waals surface area contributed by atoms with Crippen LogP contribution in [0.25, 0.3) is 0 Å². The fourth-order valence-electron chi connectivity index (χ4n) is 1.16. The van der Waals surface area contributed by atoms with Gasteiger partial charge in [-0.15, -0.1) is 0 Å². The Hall–Kier alpha value is 0.310. The Balaban J connectivity index is 3.39. The van der Waals surface area contributed by atoms with E-state index in [-0.39, 0.29) is 0 Å². The van der Waals surface area contributed by atoms with E-state index in [0.29, 0.717) is 5.92 Å². The Morgan fingerprint density at radius 2 is 1.83 bits per heavy atom. The first kappa shape index (κ1) is 12.3. The van der Waals surface area contributed by atoms with E-state index in [1.165, 1.54) is 19.5 Å². The van der Waals surface area contributed by atoms with Crippen LogP contribution in [-0.2, 0) is 0 Å². The Labute approximate surface area is 82.9 Å². The molecule has 1 nitrogen and oxygen atoms in total. The SMILES string of the molecule is CC(C)CCN(C)CC(C)CS. The van der Waals surface area contributed by atoms with E-state index in [0.717, 1.165) is 11.7 Å². The molecule has 0 heterocycles. The topological polar surface area (TPSA) is 3.24 Å². The van der Waals surface area contributed by atoms with Crippen LogP contribution in [0, 0.1) is 11.8 Å². The van der Waals surface area contributed by atoms with Gasteiger partial charge < -0.3 is 4.90 Å². The third kappa shape index (κ3) is 6.99. The van der Waals surface area contributed by atoms with Crippen molar-refractivity contribution >= 4 is 12.6 Å². The number of hydrogen-bond donors (Lipinski definition) is 1. The summed E-state index contributed by atoms with van der Waals surface area (Å²) in [5.74, 6) is 2.52. The summed E-state index contributed by atoms with van der Waals surface area (Å²) < 4.78 is 0. The molecule has 12 heavy (non-hydrogen) atoms. The van der Waals surface area contributed by atoms with Gasteiger partial charge in [-0.3, -0.25) is 0 Å². The van der Waals surface area contributed by atoms with Gasteiger partial charge in [0.1, 0.15) is 0 Å². The normalized spacial score (nSPS) is 14.2. The zero-order valence-corrected chi connectivity index (χ0v) is 9.77. The molecule has 0 radical (unpaired) electrons. The Morgan fingerprint density at radius 3 is 2.25 bits per heavy atom. The summed E-state index contributed by atoms with van der Waals surface area (Å²) in [6, 6.07) is 0. The van der Waals surface area contributed by atoms with Gasteiger partial charge in [0.05, 0.1) is 0 Å². The van der Waals surface area contributed by atoms with Crippen LogP contribution in [0.1, 0.15) is 27.2 Å². The highest BCUT2D eigenvalue weighted by Gasteiger charge is 2.04. The number of nitrogens with zero attached hydrogens (tertiary/aromatic N) is 1. The van der Waals surface area contributed by atoms with E-state index in [9.17, 15) is 0 Å². The molecular formula is C10H23NS. The van der Waals surface area contributed by atoms with Gasteiger partial charge in [0.2, 0.25) is 0 Å². The lowest BCUT2D eigenvalue weighted by Gasteiger charge is -2.20. The fourth-order valence-corrected chi connectivity index (χ4v) is 1.28. The lowest BCUT2D eigenvalue weighted by atomic mass is 10.1. The quantitative estimate of drug-likeness (QED) is 0.628. The lowest BCUT2D eigenvalue weighted by molar-refractivity contribution is 0.280. The monoisotopic (exact) mass is 189 g/mol. The number of thiol groups is 1. The van der Waals surface area contributed by atoms with Crippen molar-refractivity contribution in [1.29, 1.82) is 0 Å². The van der Waals surface area contributed by atoms with Crippen LogP contribution in [0.15, 0.2) is 0 Å². The van der Waals surface area contributed by atoms with E-state index < -0.39 is 0 Å². The van der Waals surface area contributed by atoms with Crippen LogP contribution in [0.5, 0.6) is 0 Å². The van der Waals surface area contributed by atoms with Crippen molar-refractivity contribution in [3.05, 3.63) is 0 Å².